The molecule has 0 unspecified atom stereocenters. The normalized spacial score (nSPS) is 15.9. The van der Waals surface area contributed by atoms with Gasteiger partial charge in [-0.3, -0.25) is 9.59 Å². The lowest BCUT2D eigenvalue weighted by molar-refractivity contribution is 0.0916. The number of piperidine rings is 1. The quantitative estimate of drug-likeness (QED) is 0.477. The predicted octanol–water partition coefficient (Wildman–Crippen LogP) is 1.73. The summed E-state index contributed by atoms with van der Waals surface area (Å²) in [7, 11) is 0. The summed E-state index contributed by atoms with van der Waals surface area (Å²) in [4.78, 5) is 33.4. The van der Waals surface area contributed by atoms with E-state index in [1.165, 1.54) is 12.5 Å². The first kappa shape index (κ1) is 20.5. The zero-order valence-corrected chi connectivity index (χ0v) is 16.9. The number of nitrogens with two attached hydrogens (primary N) is 1. The van der Waals surface area contributed by atoms with Gasteiger partial charge >= 0.3 is 0 Å². The molecular weight excluding hydrogens is 396 g/mol. The first-order valence-corrected chi connectivity index (χ1v) is 10.2. The van der Waals surface area contributed by atoms with Crippen LogP contribution >= 0.6 is 0 Å². The van der Waals surface area contributed by atoms with Crippen LogP contribution in [-0.2, 0) is 6.54 Å². The molecule has 0 bridgehead atoms. The Labute approximate surface area is 179 Å². The molecule has 1 saturated heterocycles. The second-order valence-corrected chi connectivity index (χ2v) is 7.37. The lowest BCUT2D eigenvalue weighted by Gasteiger charge is -2.23. The average Bonchev–Trinajstić information content (AvgIpc) is 3.34. The van der Waals surface area contributed by atoms with Gasteiger partial charge in [0.15, 0.2) is 17.3 Å². The SMILES string of the molecule is Nc1ncc(-c2cccc(CNC(=O)c3ccco3)c2)nc1C(=O)N[C@H]1CCCNC1. The molecule has 4 rings (SSSR count). The molecule has 1 aromatic carbocycles. The Morgan fingerprint density at radius 1 is 1.23 bits per heavy atom. The number of rotatable bonds is 6. The topological polar surface area (TPSA) is 135 Å². The van der Waals surface area contributed by atoms with Crippen molar-refractivity contribution >= 4 is 17.6 Å². The Morgan fingerprint density at radius 3 is 2.90 bits per heavy atom. The lowest BCUT2D eigenvalue weighted by atomic mass is 10.1. The highest BCUT2D eigenvalue weighted by Crippen LogP contribution is 2.20. The number of nitrogen functional groups attached to an aromatic ring is 1. The van der Waals surface area contributed by atoms with Crippen molar-refractivity contribution < 1.29 is 14.0 Å². The summed E-state index contributed by atoms with van der Waals surface area (Å²) in [5.74, 6) is -0.280. The molecule has 1 atom stereocenters. The number of nitrogens with zero attached hydrogens (tertiary/aromatic N) is 2. The molecule has 31 heavy (non-hydrogen) atoms. The first-order chi connectivity index (χ1) is 15.1. The van der Waals surface area contributed by atoms with E-state index in [0.717, 1.165) is 37.1 Å². The number of nitrogens with one attached hydrogen (secondary N) is 3. The Bertz CT molecular complexity index is 1060. The van der Waals surface area contributed by atoms with E-state index in [0.29, 0.717) is 12.2 Å². The summed E-state index contributed by atoms with van der Waals surface area (Å²) in [6, 6.07) is 10.8. The number of hydrogen-bond donors (Lipinski definition) is 4. The highest BCUT2D eigenvalue weighted by atomic mass is 16.3. The van der Waals surface area contributed by atoms with Gasteiger partial charge < -0.3 is 26.1 Å². The van der Waals surface area contributed by atoms with E-state index in [-0.39, 0.29) is 35.1 Å². The third-order valence-corrected chi connectivity index (χ3v) is 5.07. The summed E-state index contributed by atoms with van der Waals surface area (Å²) in [5.41, 5.74) is 8.20. The molecule has 3 aromatic rings. The van der Waals surface area contributed by atoms with E-state index in [1.54, 1.807) is 12.1 Å². The molecule has 0 radical (unpaired) electrons. The highest BCUT2D eigenvalue weighted by molar-refractivity contribution is 5.97. The van der Waals surface area contributed by atoms with Gasteiger partial charge in [-0.1, -0.05) is 18.2 Å². The maximum absolute atomic E-state index is 12.7. The fourth-order valence-electron chi connectivity index (χ4n) is 3.45. The molecule has 3 heterocycles. The maximum atomic E-state index is 12.7. The number of benzene rings is 1. The van der Waals surface area contributed by atoms with E-state index in [4.69, 9.17) is 10.2 Å². The minimum absolute atomic E-state index is 0.0483. The Morgan fingerprint density at radius 2 is 2.13 bits per heavy atom. The number of furan rings is 1. The molecule has 2 aromatic heterocycles. The van der Waals surface area contributed by atoms with Gasteiger partial charge in [0.05, 0.1) is 18.2 Å². The fraction of sp³-hybridized carbons (Fsp3) is 0.273. The van der Waals surface area contributed by atoms with Crippen LogP contribution in [0.15, 0.2) is 53.3 Å². The van der Waals surface area contributed by atoms with Crippen molar-refractivity contribution in [2.24, 2.45) is 0 Å². The minimum atomic E-state index is -0.331. The van der Waals surface area contributed by atoms with E-state index < -0.39 is 0 Å². The van der Waals surface area contributed by atoms with Crippen molar-refractivity contribution in [1.29, 1.82) is 0 Å². The van der Waals surface area contributed by atoms with Gasteiger partial charge in [0, 0.05) is 24.7 Å². The van der Waals surface area contributed by atoms with Gasteiger partial charge in [-0.15, -0.1) is 0 Å². The van der Waals surface area contributed by atoms with Crippen molar-refractivity contribution in [3.05, 3.63) is 65.9 Å². The van der Waals surface area contributed by atoms with Crippen LogP contribution in [0.1, 0.15) is 39.4 Å². The smallest absolute Gasteiger partial charge is 0.287 e. The predicted molar refractivity (Wildman–Crippen MR) is 115 cm³/mol. The number of hydrogen-bond acceptors (Lipinski definition) is 7. The van der Waals surface area contributed by atoms with Gasteiger partial charge in [-0.25, -0.2) is 9.97 Å². The van der Waals surface area contributed by atoms with Gasteiger partial charge in [-0.2, -0.15) is 0 Å². The van der Waals surface area contributed by atoms with Crippen LogP contribution in [0.2, 0.25) is 0 Å². The molecule has 1 aliphatic rings. The van der Waals surface area contributed by atoms with Crippen LogP contribution in [0, 0.1) is 0 Å². The number of anilines is 1. The van der Waals surface area contributed by atoms with Gasteiger partial charge in [0.25, 0.3) is 11.8 Å². The summed E-state index contributed by atoms with van der Waals surface area (Å²) < 4.78 is 5.09. The number of carbonyl (C=O) groups excluding carboxylic acids is 2. The summed E-state index contributed by atoms with van der Waals surface area (Å²) in [6.07, 6.45) is 4.91. The summed E-state index contributed by atoms with van der Waals surface area (Å²) in [5, 5.41) is 9.04. The minimum Gasteiger partial charge on any atom is -0.459 e. The molecule has 1 aliphatic heterocycles. The van der Waals surface area contributed by atoms with Crippen LogP contribution in [0.3, 0.4) is 0 Å². The summed E-state index contributed by atoms with van der Waals surface area (Å²) in [6.45, 7) is 2.00. The lowest BCUT2D eigenvalue weighted by Crippen LogP contribution is -2.46. The van der Waals surface area contributed by atoms with Gasteiger partial charge in [0.1, 0.15) is 0 Å². The van der Waals surface area contributed by atoms with E-state index in [9.17, 15) is 9.59 Å². The molecule has 9 nitrogen and oxygen atoms in total. The highest BCUT2D eigenvalue weighted by Gasteiger charge is 2.20. The Kier molecular flexibility index (Phi) is 6.23. The maximum Gasteiger partial charge on any atom is 0.287 e. The average molecular weight is 420 g/mol. The fourth-order valence-corrected chi connectivity index (χ4v) is 3.45. The third kappa shape index (κ3) is 5.07. The zero-order valence-electron chi connectivity index (χ0n) is 16.9. The van der Waals surface area contributed by atoms with Crippen molar-refractivity contribution in [1.82, 2.24) is 25.9 Å². The number of amides is 2. The van der Waals surface area contributed by atoms with E-state index in [2.05, 4.69) is 25.9 Å². The van der Waals surface area contributed by atoms with Gasteiger partial charge in [0.2, 0.25) is 0 Å². The second kappa shape index (κ2) is 9.40. The van der Waals surface area contributed by atoms with Crippen LogP contribution in [0.5, 0.6) is 0 Å². The zero-order chi connectivity index (χ0) is 21.6. The van der Waals surface area contributed by atoms with Crippen LogP contribution < -0.4 is 21.7 Å². The Balaban J connectivity index is 1.47. The molecular formula is C22H24N6O3. The van der Waals surface area contributed by atoms with E-state index in [1.807, 2.05) is 24.3 Å². The largest absolute Gasteiger partial charge is 0.459 e. The van der Waals surface area contributed by atoms with Crippen LogP contribution in [-0.4, -0.2) is 40.9 Å². The number of aromatic nitrogens is 2. The molecule has 0 saturated carbocycles. The molecule has 1 fully saturated rings. The van der Waals surface area contributed by atoms with E-state index >= 15 is 0 Å². The molecule has 160 valence electrons. The van der Waals surface area contributed by atoms with Crippen molar-refractivity contribution in [3.8, 4) is 11.3 Å². The first-order valence-electron chi connectivity index (χ1n) is 10.2. The third-order valence-electron chi connectivity index (χ3n) is 5.07. The standard InChI is InChI=1S/C22H24N6O3/c23-20-19(22(30)27-16-6-2-8-24-12-16)28-17(13-25-20)15-5-1-4-14(10-15)11-26-21(29)18-7-3-9-31-18/h1,3-5,7,9-10,13,16,24H,2,6,8,11-12H2,(H2,23,25)(H,26,29)(H,27,30)/t16-/m0/s1. The molecule has 2 amide bonds. The molecule has 0 aliphatic carbocycles. The van der Waals surface area contributed by atoms with Crippen molar-refractivity contribution in [2.45, 2.75) is 25.4 Å². The van der Waals surface area contributed by atoms with Crippen molar-refractivity contribution in [3.63, 3.8) is 0 Å². The Hall–Kier alpha value is -3.72. The molecule has 0 spiro atoms. The number of carbonyl (C=O) groups is 2. The van der Waals surface area contributed by atoms with Crippen molar-refractivity contribution in [2.75, 3.05) is 18.8 Å². The summed E-state index contributed by atoms with van der Waals surface area (Å²) >= 11 is 0. The second-order valence-electron chi connectivity index (χ2n) is 7.37. The van der Waals surface area contributed by atoms with Crippen LogP contribution in [0.4, 0.5) is 5.82 Å². The monoisotopic (exact) mass is 420 g/mol. The molecule has 9 heteroatoms. The van der Waals surface area contributed by atoms with Crippen LogP contribution in [0.25, 0.3) is 11.3 Å². The van der Waals surface area contributed by atoms with Gasteiger partial charge in [-0.05, 0) is 43.1 Å². The molecule has 5 N–H and O–H groups in total.